The molecule has 9 rings (SSSR count). The van der Waals surface area contributed by atoms with Gasteiger partial charge in [0.15, 0.2) is 46.3 Å². The molecule has 10 N–H and O–H groups in total. The summed E-state index contributed by atoms with van der Waals surface area (Å²) in [6, 6.07) is 29.3. The van der Waals surface area contributed by atoms with Gasteiger partial charge in [-0.15, -0.1) is 10.2 Å². The van der Waals surface area contributed by atoms with Gasteiger partial charge in [0, 0.05) is 108 Å². The normalized spacial score (nSPS) is 13.5. The summed E-state index contributed by atoms with van der Waals surface area (Å²) in [4.78, 5) is 65.8. The lowest BCUT2D eigenvalue weighted by Gasteiger charge is -2.31. The summed E-state index contributed by atoms with van der Waals surface area (Å²) in [7, 11) is 0. The first-order valence-electron chi connectivity index (χ1n) is 49.7. The number of hydrogen-bond acceptors (Lipinski definition) is 20. The van der Waals surface area contributed by atoms with Crippen LogP contribution in [0, 0.1) is 35.5 Å². The summed E-state index contributed by atoms with van der Waals surface area (Å²) >= 11 is 0. The molecule has 3 amide bonds. The Hall–Kier alpha value is -10.7. The zero-order valence-corrected chi connectivity index (χ0v) is 85.2. The van der Waals surface area contributed by atoms with E-state index in [1.165, 1.54) is 86.2 Å². The van der Waals surface area contributed by atoms with E-state index in [0.717, 1.165) is 146 Å². The number of aromatic nitrogens is 12. The lowest BCUT2D eigenvalue weighted by molar-refractivity contribution is 0.0678. The van der Waals surface area contributed by atoms with Crippen molar-refractivity contribution < 1.29 is 14.4 Å². The van der Waals surface area contributed by atoms with Crippen molar-refractivity contribution in [1.82, 2.24) is 73.8 Å². The number of carbonyl (C=O) groups is 3. The highest BCUT2D eigenvalue weighted by Crippen LogP contribution is 2.41. The van der Waals surface area contributed by atoms with E-state index >= 15 is 0 Å². The van der Waals surface area contributed by atoms with Gasteiger partial charge in [-0.05, 0) is 147 Å². The number of hydrogen-bond donors (Lipinski definition) is 5. The van der Waals surface area contributed by atoms with E-state index in [1.807, 2.05) is 126 Å². The number of nitrogens with zero attached hydrogens (tertiary/aromatic N) is 19. The van der Waals surface area contributed by atoms with E-state index in [0.29, 0.717) is 121 Å². The van der Waals surface area contributed by atoms with E-state index in [9.17, 15) is 14.4 Å². The second-order valence-corrected chi connectivity index (χ2v) is 40.4. The number of anilines is 5. The molecule has 0 saturated heterocycles. The molecule has 132 heavy (non-hydrogen) atoms. The Kier molecular flexibility index (Phi) is 42.7. The minimum atomic E-state index is -0.479. The van der Waals surface area contributed by atoms with Crippen LogP contribution >= 0.6 is 0 Å². The number of rotatable bonds is 47. The summed E-state index contributed by atoms with van der Waals surface area (Å²) < 4.78 is 6.28. The SMILES string of the molecule is CC(C)(C)c1cc(N)n(-c2cc(-n3nc(C(C)(C)C)cc3N)ncn2)n1.CCCCC(CC)CN(CC(CC)CCCC)C(=O)c1ccc(N)cc1.CCCCC(CC)CN(CC(CC)CCCC)C(=O)c1ccc(N=Nc2c(C(C)(C)C)nn(-c3cc(-n4nc(C(C)(C)C)c(N=Nc5ccc(C(=O)N(CC(CC)CCCC)CC(CC)CCCC)cc5)c4N)ncn3)c2N)cc1. The largest absolute Gasteiger partial charge is 0.399 e. The van der Waals surface area contributed by atoms with Crippen molar-refractivity contribution in [3.8, 4) is 23.3 Å². The molecule has 3 aromatic carbocycles. The molecule has 0 aliphatic carbocycles. The fourth-order valence-electron chi connectivity index (χ4n) is 16.3. The quantitative estimate of drug-likeness (QED) is 0.0175. The van der Waals surface area contributed by atoms with Gasteiger partial charge >= 0.3 is 0 Å². The summed E-state index contributed by atoms with van der Waals surface area (Å²) in [5, 5.41) is 37.8. The lowest BCUT2D eigenvalue weighted by atomic mass is 9.91. The standard InChI is InChI=1S/C64H100N14O2.C23H40N2O.C18H26N8/c1-15-23-27-45(19-5)40-75(41-46(20-6)28-24-16-2)61(79)49-31-35-51(36-32-49)69-71-55-57(63(9,10)11)73-77(59(55)65)53-39-54(68-44-67-53)78-60(66)56(58(74-78)64(12,13)14)72-70-52-37-33-50(34-38-52)62(80)76(42-47(21-7)29-25-17-3)43-48(22-8)30-26-18-4;1-5-9-11-19(7-3)17-25(18-20(8-4)12-10-6-2)23(26)21-13-15-22(24)16-14-21;1-17(2,3)11-7-13(19)25(23-11)15-9-16(22-10-21-15)26-14(20)8-12(24-26)18(4,5)6/h31-39,44-48H,15-30,40-43,65-66H2,1-14H3;13-16,19-20H,5-12,17-18,24H2,1-4H3;7-10H,19-20H2,1-6H3. The van der Waals surface area contributed by atoms with Gasteiger partial charge in [-0.1, -0.05) is 282 Å². The van der Waals surface area contributed by atoms with E-state index < -0.39 is 10.8 Å². The number of amides is 3. The fraction of sp³-hybridized carbons (Fsp3) is 0.610. The molecule has 6 aromatic heterocycles. The highest BCUT2D eigenvalue weighted by atomic mass is 16.2. The van der Waals surface area contributed by atoms with Crippen LogP contribution in [0.4, 0.5) is 51.7 Å². The molecule has 6 heterocycles. The number of nitrogen functional groups attached to an aromatic ring is 5. The molecule has 0 fully saturated rings. The zero-order valence-electron chi connectivity index (χ0n) is 85.2. The van der Waals surface area contributed by atoms with Gasteiger partial charge in [0.2, 0.25) is 0 Å². The van der Waals surface area contributed by atoms with Crippen molar-refractivity contribution in [1.29, 1.82) is 0 Å². The topological polar surface area (TPSA) is 363 Å². The smallest absolute Gasteiger partial charge is 0.253 e. The number of unbranched alkanes of at least 4 members (excludes halogenated alkanes) is 6. The Labute approximate surface area is 791 Å². The maximum Gasteiger partial charge on any atom is 0.253 e. The Morgan fingerprint density at radius 3 is 0.780 bits per heavy atom. The molecule has 9 aromatic rings. The lowest BCUT2D eigenvalue weighted by Crippen LogP contribution is -2.39. The summed E-state index contributed by atoms with van der Waals surface area (Å²) in [6.45, 7) is 56.4. The van der Waals surface area contributed by atoms with Crippen molar-refractivity contribution in [3.05, 3.63) is 149 Å². The first-order valence-corrected chi connectivity index (χ1v) is 49.7. The van der Waals surface area contributed by atoms with E-state index in [-0.39, 0.29) is 40.2 Å². The van der Waals surface area contributed by atoms with Gasteiger partial charge in [-0.25, -0.2) is 19.9 Å². The molecule has 6 atom stereocenters. The van der Waals surface area contributed by atoms with Gasteiger partial charge < -0.3 is 43.4 Å². The van der Waals surface area contributed by atoms with E-state index in [4.69, 9.17) is 49.1 Å². The number of carbonyl (C=O) groups excluding carboxylic acids is 3. The van der Waals surface area contributed by atoms with Crippen LogP contribution in [-0.4, -0.2) is 131 Å². The Bertz CT molecular complexity index is 4720. The second kappa shape index (κ2) is 52.1. The molecule has 0 aliphatic rings. The summed E-state index contributed by atoms with van der Waals surface area (Å²) in [5.41, 5.74) is 38.5. The predicted octanol–water partition coefficient (Wildman–Crippen LogP) is 25.9. The number of azo groups is 2. The minimum Gasteiger partial charge on any atom is -0.399 e. The van der Waals surface area contributed by atoms with E-state index in [2.05, 4.69) is 180 Å². The zero-order chi connectivity index (χ0) is 97.2. The molecule has 0 saturated carbocycles. The van der Waals surface area contributed by atoms with Crippen molar-refractivity contribution in [2.45, 2.75) is 342 Å². The van der Waals surface area contributed by atoms with Crippen LogP contribution < -0.4 is 28.7 Å². The van der Waals surface area contributed by atoms with Gasteiger partial charge in [0.1, 0.15) is 24.3 Å². The molecule has 724 valence electrons. The van der Waals surface area contributed by atoms with Crippen molar-refractivity contribution in [3.63, 3.8) is 0 Å². The average Bonchev–Trinajstić information content (AvgIpc) is 1.62. The maximum atomic E-state index is 14.2. The van der Waals surface area contributed by atoms with Crippen LogP contribution in [0.2, 0.25) is 0 Å². The Morgan fingerprint density at radius 1 is 0.318 bits per heavy atom. The van der Waals surface area contributed by atoms with Crippen molar-refractivity contribution in [2.24, 2.45) is 56.0 Å². The molecule has 6 unspecified atom stereocenters. The van der Waals surface area contributed by atoms with E-state index in [1.54, 1.807) is 21.5 Å². The third-order valence-corrected chi connectivity index (χ3v) is 25.3. The Balaban J connectivity index is 0.000000367. The van der Waals surface area contributed by atoms with Crippen LogP contribution in [0.1, 0.15) is 374 Å². The molecule has 0 spiro atoms. The molecule has 27 nitrogen and oxygen atoms in total. The minimum absolute atomic E-state index is 0.0596. The predicted molar refractivity (Wildman–Crippen MR) is 545 cm³/mol. The van der Waals surface area contributed by atoms with Crippen LogP contribution in [0.15, 0.2) is 130 Å². The molecule has 0 radical (unpaired) electrons. The first-order chi connectivity index (χ1) is 62.8. The number of nitrogens with two attached hydrogens (primary N) is 5. The maximum absolute atomic E-state index is 14.2. The molecular formula is C105H166N24O3. The van der Waals surface area contributed by atoms with Gasteiger partial charge in [-0.2, -0.15) is 49.4 Å². The molecule has 27 heteroatoms. The van der Waals surface area contributed by atoms with Crippen LogP contribution in [0.3, 0.4) is 0 Å². The van der Waals surface area contributed by atoms with Gasteiger partial charge in [0.25, 0.3) is 17.7 Å². The fourth-order valence-corrected chi connectivity index (χ4v) is 16.3. The highest BCUT2D eigenvalue weighted by molar-refractivity contribution is 5.96. The molecular weight excluding hydrogens is 1650 g/mol. The summed E-state index contributed by atoms with van der Waals surface area (Å²) in [5.74, 6) is 6.73. The summed E-state index contributed by atoms with van der Waals surface area (Å²) in [6.07, 6.45) is 30.5. The first kappa shape index (κ1) is 108. The van der Waals surface area contributed by atoms with Gasteiger partial charge in [0.05, 0.1) is 34.2 Å². The third-order valence-electron chi connectivity index (χ3n) is 25.3. The molecule has 0 bridgehead atoms. The van der Waals surface area contributed by atoms with Crippen LogP contribution in [-0.2, 0) is 21.7 Å². The third kappa shape index (κ3) is 31.7. The Morgan fingerprint density at radius 2 is 0.561 bits per heavy atom. The average molecular weight is 1810 g/mol. The van der Waals surface area contributed by atoms with Crippen LogP contribution in [0.25, 0.3) is 23.3 Å². The van der Waals surface area contributed by atoms with Crippen molar-refractivity contribution >= 4 is 69.4 Å². The highest BCUT2D eigenvalue weighted by Gasteiger charge is 2.33. The number of benzene rings is 3. The molecule has 0 aliphatic heterocycles. The second-order valence-electron chi connectivity index (χ2n) is 40.4. The van der Waals surface area contributed by atoms with Gasteiger partial charge in [-0.3, -0.25) is 14.4 Å². The monoisotopic (exact) mass is 1810 g/mol. The van der Waals surface area contributed by atoms with Crippen molar-refractivity contribution in [2.75, 3.05) is 67.9 Å². The van der Waals surface area contributed by atoms with Crippen LogP contribution in [0.5, 0.6) is 0 Å².